The Bertz CT molecular complexity index is 955. The number of rotatable bonds is 2. The smallest absolute Gasteiger partial charge is 0.300 e. The van der Waals surface area contributed by atoms with E-state index in [1.165, 1.54) is 15.8 Å². The topological polar surface area (TPSA) is 52.2 Å². The van der Waals surface area contributed by atoms with Crippen LogP contribution in [0.25, 0.3) is 10.2 Å². The zero-order chi connectivity index (χ0) is 16.7. The Morgan fingerprint density at radius 1 is 1.26 bits per heavy atom. The fourth-order valence-corrected chi connectivity index (χ4v) is 3.86. The molecule has 0 N–H and O–H groups in total. The van der Waals surface area contributed by atoms with Gasteiger partial charge in [-0.1, -0.05) is 17.4 Å². The third-order valence-electron chi connectivity index (χ3n) is 3.96. The number of hydrogen-bond acceptors (Lipinski definition) is 3. The molecule has 0 spiro atoms. The van der Waals surface area contributed by atoms with Gasteiger partial charge in [-0.05, 0) is 51.0 Å². The number of benzene rings is 1. The van der Waals surface area contributed by atoms with Crippen LogP contribution >= 0.6 is 11.3 Å². The van der Waals surface area contributed by atoms with E-state index < -0.39 is 0 Å². The van der Waals surface area contributed by atoms with E-state index in [2.05, 4.69) is 47.6 Å². The first-order valence-corrected chi connectivity index (χ1v) is 8.42. The Balaban J connectivity index is 2.19. The molecule has 0 unspecified atom stereocenters. The van der Waals surface area contributed by atoms with Crippen molar-refractivity contribution in [3.05, 3.63) is 45.5 Å². The van der Waals surface area contributed by atoms with Crippen molar-refractivity contribution < 1.29 is 4.79 Å². The lowest BCUT2D eigenvalue weighted by Gasteiger charge is -2.02. The van der Waals surface area contributed by atoms with Gasteiger partial charge in [0.1, 0.15) is 0 Å². The van der Waals surface area contributed by atoms with Crippen LogP contribution in [0.4, 0.5) is 0 Å². The molecular formula is C17H20N4OS. The highest BCUT2D eigenvalue weighted by molar-refractivity contribution is 7.16. The largest absolute Gasteiger partial charge is 0.317 e. The molecule has 0 aliphatic rings. The molecular weight excluding hydrogens is 308 g/mol. The molecule has 0 aliphatic carbocycles. The first-order valence-electron chi connectivity index (χ1n) is 7.61. The summed E-state index contributed by atoms with van der Waals surface area (Å²) in [6.07, 6.45) is 0. The minimum absolute atomic E-state index is 0.295. The lowest BCUT2D eigenvalue weighted by atomic mass is 10.1. The monoisotopic (exact) mass is 328 g/mol. The maximum Gasteiger partial charge on any atom is 0.300 e. The highest BCUT2D eigenvalue weighted by atomic mass is 32.1. The molecule has 0 bridgehead atoms. The SMILES string of the molecule is CCn1c(=NC(=O)c2cc(C)n(C)n2)sc2c(C)cc(C)cc21. The van der Waals surface area contributed by atoms with Gasteiger partial charge in [-0.15, -0.1) is 0 Å². The van der Waals surface area contributed by atoms with Gasteiger partial charge in [0.25, 0.3) is 5.91 Å². The molecule has 0 fully saturated rings. The number of nitrogens with zero attached hydrogens (tertiary/aromatic N) is 4. The molecule has 2 heterocycles. The normalized spacial score (nSPS) is 12.3. The molecule has 0 atom stereocenters. The summed E-state index contributed by atoms with van der Waals surface area (Å²) in [5.41, 5.74) is 4.90. The van der Waals surface area contributed by atoms with Gasteiger partial charge in [0.05, 0.1) is 10.2 Å². The van der Waals surface area contributed by atoms with E-state index in [1.54, 1.807) is 22.1 Å². The summed E-state index contributed by atoms with van der Waals surface area (Å²) in [6, 6.07) is 6.08. The first-order chi connectivity index (χ1) is 10.9. The maximum absolute atomic E-state index is 12.4. The number of fused-ring (bicyclic) bond motifs is 1. The maximum atomic E-state index is 12.4. The van der Waals surface area contributed by atoms with Gasteiger partial charge in [-0.25, -0.2) is 0 Å². The molecule has 3 aromatic rings. The molecule has 0 radical (unpaired) electrons. The molecule has 0 saturated carbocycles. The summed E-state index contributed by atoms with van der Waals surface area (Å²) >= 11 is 1.56. The van der Waals surface area contributed by atoms with E-state index in [4.69, 9.17) is 0 Å². The number of carbonyl (C=O) groups is 1. The van der Waals surface area contributed by atoms with Crippen molar-refractivity contribution in [2.75, 3.05) is 0 Å². The molecule has 1 amide bonds. The summed E-state index contributed by atoms with van der Waals surface area (Å²) in [5, 5.41) is 4.22. The summed E-state index contributed by atoms with van der Waals surface area (Å²) in [4.78, 5) is 17.5. The second-order valence-electron chi connectivity index (χ2n) is 5.77. The van der Waals surface area contributed by atoms with Gasteiger partial charge < -0.3 is 4.57 Å². The van der Waals surface area contributed by atoms with Gasteiger partial charge in [0.2, 0.25) is 0 Å². The van der Waals surface area contributed by atoms with E-state index in [0.29, 0.717) is 5.69 Å². The van der Waals surface area contributed by atoms with Crippen LogP contribution in [0.5, 0.6) is 0 Å². The van der Waals surface area contributed by atoms with E-state index in [-0.39, 0.29) is 5.91 Å². The Hall–Kier alpha value is -2.21. The van der Waals surface area contributed by atoms with Crippen LogP contribution in [-0.4, -0.2) is 20.3 Å². The number of amides is 1. The van der Waals surface area contributed by atoms with Gasteiger partial charge >= 0.3 is 0 Å². The van der Waals surface area contributed by atoms with Crippen LogP contribution in [0.1, 0.15) is 34.2 Å². The van der Waals surface area contributed by atoms with Crippen LogP contribution in [0.2, 0.25) is 0 Å². The third kappa shape index (κ3) is 2.74. The van der Waals surface area contributed by atoms with Crippen molar-refractivity contribution in [3.8, 4) is 0 Å². The molecule has 3 rings (SSSR count). The van der Waals surface area contributed by atoms with Crippen LogP contribution in [0.15, 0.2) is 23.2 Å². The minimum Gasteiger partial charge on any atom is -0.317 e. The third-order valence-corrected chi connectivity index (χ3v) is 5.19. The molecule has 23 heavy (non-hydrogen) atoms. The molecule has 6 heteroatoms. The van der Waals surface area contributed by atoms with Crippen molar-refractivity contribution in [1.29, 1.82) is 0 Å². The summed E-state index contributed by atoms with van der Waals surface area (Å²) in [6.45, 7) is 8.94. The molecule has 1 aromatic carbocycles. The van der Waals surface area contributed by atoms with Gasteiger partial charge in [0.15, 0.2) is 10.5 Å². The number of hydrogen-bond donors (Lipinski definition) is 0. The van der Waals surface area contributed by atoms with Crippen LogP contribution in [0.3, 0.4) is 0 Å². The fourth-order valence-electron chi connectivity index (χ4n) is 2.71. The quantitative estimate of drug-likeness (QED) is 0.726. The second-order valence-corrected chi connectivity index (χ2v) is 6.75. The average molecular weight is 328 g/mol. The van der Waals surface area contributed by atoms with Crippen molar-refractivity contribution in [2.45, 2.75) is 34.2 Å². The minimum atomic E-state index is -0.295. The Kier molecular flexibility index (Phi) is 3.93. The second kappa shape index (κ2) is 5.77. The number of aryl methyl sites for hydroxylation is 5. The Morgan fingerprint density at radius 3 is 2.61 bits per heavy atom. The first kappa shape index (κ1) is 15.7. The fraction of sp³-hybridized carbons (Fsp3) is 0.353. The van der Waals surface area contributed by atoms with Crippen molar-refractivity contribution in [2.24, 2.45) is 12.0 Å². The standard InChI is InChI=1S/C17H20N4OS/c1-6-21-14-8-10(2)7-11(3)15(14)23-17(21)18-16(22)13-9-12(4)20(5)19-13/h7-9H,6H2,1-5H3. The van der Waals surface area contributed by atoms with E-state index in [9.17, 15) is 4.79 Å². The van der Waals surface area contributed by atoms with E-state index in [0.717, 1.165) is 22.6 Å². The molecule has 120 valence electrons. The average Bonchev–Trinajstić information content (AvgIpc) is 3.00. The molecule has 2 aromatic heterocycles. The Labute approximate surface area is 138 Å². The van der Waals surface area contributed by atoms with Crippen molar-refractivity contribution in [3.63, 3.8) is 0 Å². The summed E-state index contributed by atoms with van der Waals surface area (Å²) in [5.74, 6) is -0.295. The number of thiazole rings is 1. The zero-order valence-corrected chi connectivity index (χ0v) is 14.9. The number of carbonyl (C=O) groups excluding carboxylic acids is 1. The van der Waals surface area contributed by atoms with Crippen LogP contribution in [-0.2, 0) is 13.6 Å². The van der Waals surface area contributed by atoms with Crippen LogP contribution in [0, 0.1) is 20.8 Å². The van der Waals surface area contributed by atoms with Gasteiger partial charge in [-0.3, -0.25) is 9.48 Å². The van der Waals surface area contributed by atoms with E-state index >= 15 is 0 Å². The number of aromatic nitrogens is 3. The van der Waals surface area contributed by atoms with E-state index in [1.807, 2.05) is 14.0 Å². The van der Waals surface area contributed by atoms with Crippen molar-refractivity contribution in [1.82, 2.24) is 14.3 Å². The summed E-state index contributed by atoms with van der Waals surface area (Å²) in [7, 11) is 1.82. The molecule has 0 saturated heterocycles. The predicted octanol–water partition coefficient (Wildman–Crippen LogP) is 3.12. The molecule has 5 nitrogen and oxygen atoms in total. The lowest BCUT2D eigenvalue weighted by Crippen LogP contribution is -2.16. The highest BCUT2D eigenvalue weighted by Gasteiger charge is 2.13. The lowest BCUT2D eigenvalue weighted by molar-refractivity contribution is 0.0992. The zero-order valence-electron chi connectivity index (χ0n) is 14.0. The van der Waals surface area contributed by atoms with Gasteiger partial charge in [0, 0.05) is 19.3 Å². The molecule has 0 aliphatic heterocycles. The highest BCUT2D eigenvalue weighted by Crippen LogP contribution is 2.23. The predicted molar refractivity (Wildman–Crippen MR) is 92.8 cm³/mol. The van der Waals surface area contributed by atoms with Crippen LogP contribution < -0.4 is 4.80 Å². The van der Waals surface area contributed by atoms with Gasteiger partial charge in [-0.2, -0.15) is 10.1 Å². The van der Waals surface area contributed by atoms with Crippen molar-refractivity contribution >= 4 is 27.5 Å². The summed E-state index contributed by atoms with van der Waals surface area (Å²) < 4.78 is 4.96. The Morgan fingerprint density at radius 2 is 2.00 bits per heavy atom.